The number of benzene rings is 1. The third-order valence-corrected chi connectivity index (χ3v) is 6.73. The van der Waals surface area contributed by atoms with E-state index in [2.05, 4.69) is 4.98 Å². The number of hydrogen-bond donors (Lipinski definition) is 2. The molecule has 1 aromatic heterocycles. The molecule has 0 radical (unpaired) electrons. The average Bonchev–Trinajstić information content (AvgIpc) is 3.48. The van der Waals surface area contributed by atoms with E-state index in [1.807, 2.05) is 0 Å². The van der Waals surface area contributed by atoms with E-state index in [9.17, 15) is 41.0 Å². The fourth-order valence-corrected chi connectivity index (χ4v) is 4.98. The summed E-state index contributed by atoms with van der Waals surface area (Å²) in [6, 6.07) is -2.03. The zero-order valence-electron chi connectivity index (χ0n) is 19.9. The average molecular weight is 570 g/mol. The number of carbonyl (C=O) groups is 2. The molecule has 2 aliphatic heterocycles. The summed E-state index contributed by atoms with van der Waals surface area (Å²) in [5.74, 6) is -6.24. The number of alkyl halides is 3. The van der Waals surface area contributed by atoms with Crippen molar-refractivity contribution in [2.24, 2.45) is 5.73 Å². The highest BCUT2D eigenvalue weighted by atomic mass is 35.5. The fourth-order valence-electron chi connectivity index (χ4n) is 4.98. The van der Waals surface area contributed by atoms with Gasteiger partial charge < -0.3 is 25.2 Å². The van der Waals surface area contributed by atoms with Crippen LogP contribution in [0.3, 0.4) is 0 Å². The van der Waals surface area contributed by atoms with Gasteiger partial charge >= 0.3 is 6.18 Å². The van der Waals surface area contributed by atoms with Gasteiger partial charge in [-0.15, -0.1) is 12.4 Å². The van der Waals surface area contributed by atoms with Crippen molar-refractivity contribution in [3.63, 3.8) is 0 Å². The van der Waals surface area contributed by atoms with Gasteiger partial charge in [0.25, 0.3) is 5.91 Å². The van der Waals surface area contributed by atoms with Crippen molar-refractivity contribution in [3.05, 3.63) is 52.9 Å². The molecule has 1 fully saturated rings. The number of carbonyl (C=O) groups excluding carboxylic acids is 2. The van der Waals surface area contributed by atoms with Gasteiger partial charge in [-0.3, -0.25) is 9.59 Å². The highest BCUT2D eigenvalue weighted by Crippen LogP contribution is 2.36. The number of rotatable bonds is 6. The van der Waals surface area contributed by atoms with Crippen molar-refractivity contribution < 1.29 is 41.0 Å². The number of hydrogen-bond acceptors (Lipinski definition) is 5. The van der Waals surface area contributed by atoms with Crippen LogP contribution in [-0.2, 0) is 28.7 Å². The molecule has 1 unspecified atom stereocenters. The number of nitrogens with zero attached hydrogens (tertiary/aromatic N) is 4. The molecular weight excluding hydrogens is 544 g/mol. The molecule has 2 aromatic rings. The van der Waals surface area contributed by atoms with E-state index < -0.39 is 65.8 Å². The summed E-state index contributed by atoms with van der Waals surface area (Å²) in [6.07, 6.45) is -3.56. The molecule has 0 aliphatic carbocycles. The molecule has 1 saturated heterocycles. The molecular formula is C23H26ClF6N5O3. The minimum atomic E-state index is -4.78. The standard InChI is InChI=1S/C23H25F6N5O3.ClH/c24-15-9-17(26)16(25)7-12(15)6-13(30)8-19(36)34-5-4-33-18(10-31-22(33)23(27,28)29)20(34)21(37)32-3-1-2-14(32)11-35;/h7,9-10,13-14,20,35H,1-6,8,11,30H2;1H/t13?,14-,20+;/m0./s1. The normalized spacial score (nSPS) is 20.2. The van der Waals surface area contributed by atoms with Crippen LogP contribution < -0.4 is 5.73 Å². The molecule has 210 valence electrons. The number of fused-ring (bicyclic) bond motifs is 1. The second-order valence-corrected chi connectivity index (χ2v) is 9.18. The summed E-state index contributed by atoms with van der Waals surface area (Å²) < 4.78 is 82.1. The zero-order chi connectivity index (χ0) is 27.1. The minimum absolute atomic E-state index is 0. The fraction of sp³-hybridized carbons (Fsp3) is 0.522. The maximum absolute atomic E-state index is 14.0. The van der Waals surface area contributed by atoms with E-state index in [-0.39, 0.29) is 56.3 Å². The summed E-state index contributed by atoms with van der Waals surface area (Å²) >= 11 is 0. The first-order valence-corrected chi connectivity index (χ1v) is 11.6. The Hall–Kier alpha value is -2.84. The van der Waals surface area contributed by atoms with Crippen LogP contribution in [0.15, 0.2) is 18.3 Å². The van der Waals surface area contributed by atoms with Crippen LogP contribution in [0.5, 0.6) is 0 Å². The van der Waals surface area contributed by atoms with Crippen molar-refractivity contribution in [1.29, 1.82) is 0 Å². The molecule has 38 heavy (non-hydrogen) atoms. The summed E-state index contributed by atoms with van der Waals surface area (Å²) in [4.78, 5) is 32.7. The topological polar surface area (TPSA) is 105 Å². The second kappa shape index (κ2) is 11.5. The maximum Gasteiger partial charge on any atom is 0.449 e. The third kappa shape index (κ3) is 5.76. The van der Waals surface area contributed by atoms with Crippen LogP contribution in [0.2, 0.25) is 0 Å². The Bertz CT molecular complexity index is 1190. The van der Waals surface area contributed by atoms with Crippen molar-refractivity contribution in [2.45, 2.75) is 56.5 Å². The number of aromatic nitrogens is 2. The SMILES string of the molecule is Cl.NC(CC(=O)N1CCn2c(cnc2C(F)(F)F)[C@@H]1C(=O)N1CCC[C@H]1CO)Cc1cc(F)c(F)cc1F. The molecule has 2 aliphatic rings. The van der Waals surface area contributed by atoms with Gasteiger partial charge in [-0.05, 0) is 30.9 Å². The van der Waals surface area contributed by atoms with Gasteiger partial charge in [-0.25, -0.2) is 18.2 Å². The van der Waals surface area contributed by atoms with Crippen LogP contribution >= 0.6 is 12.4 Å². The number of aliphatic hydroxyl groups excluding tert-OH is 1. The molecule has 0 bridgehead atoms. The summed E-state index contributed by atoms with van der Waals surface area (Å²) in [7, 11) is 0. The summed E-state index contributed by atoms with van der Waals surface area (Å²) in [5.41, 5.74) is 5.62. The van der Waals surface area contributed by atoms with Gasteiger partial charge in [-0.1, -0.05) is 0 Å². The minimum Gasteiger partial charge on any atom is -0.394 e. The van der Waals surface area contributed by atoms with Gasteiger partial charge in [0.1, 0.15) is 5.82 Å². The highest BCUT2D eigenvalue weighted by Gasteiger charge is 2.46. The largest absolute Gasteiger partial charge is 0.449 e. The van der Waals surface area contributed by atoms with E-state index >= 15 is 0 Å². The number of imidazole rings is 1. The van der Waals surface area contributed by atoms with Gasteiger partial charge in [-0.2, -0.15) is 13.2 Å². The Morgan fingerprint density at radius 1 is 1.08 bits per heavy atom. The van der Waals surface area contributed by atoms with E-state index in [0.29, 0.717) is 25.0 Å². The number of halogens is 7. The maximum atomic E-state index is 14.0. The molecule has 3 N–H and O–H groups in total. The molecule has 8 nitrogen and oxygen atoms in total. The Balaban J connectivity index is 0.00000400. The number of nitrogens with two attached hydrogens (primary N) is 1. The Morgan fingerprint density at radius 3 is 2.42 bits per heavy atom. The van der Waals surface area contributed by atoms with Crippen molar-refractivity contribution in [1.82, 2.24) is 19.4 Å². The van der Waals surface area contributed by atoms with Gasteiger partial charge in [0.05, 0.1) is 24.5 Å². The van der Waals surface area contributed by atoms with Gasteiger partial charge in [0, 0.05) is 38.2 Å². The van der Waals surface area contributed by atoms with Crippen molar-refractivity contribution in [3.8, 4) is 0 Å². The lowest BCUT2D eigenvalue weighted by Gasteiger charge is -2.39. The van der Waals surface area contributed by atoms with Crippen LogP contribution in [0.1, 0.15) is 42.4 Å². The lowest BCUT2D eigenvalue weighted by molar-refractivity contribution is -0.152. The molecule has 4 rings (SSSR count). The Labute approximate surface area is 219 Å². The van der Waals surface area contributed by atoms with Crippen LogP contribution in [0, 0.1) is 17.5 Å². The Kier molecular flexibility index (Phi) is 8.99. The summed E-state index contributed by atoms with van der Waals surface area (Å²) in [6.45, 7) is -0.621. The predicted molar refractivity (Wildman–Crippen MR) is 123 cm³/mol. The van der Waals surface area contributed by atoms with Gasteiger partial charge in [0.2, 0.25) is 11.7 Å². The van der Waals surface area contributed by atoms with E-state index in [4.69, 9.17) is 5.73 Å². The molecule has 15 heteroatoms. The van der Waals surface area contributed by atoms with Crippen molar-refractivity contribution in [2.75, 3.05) is 19.7 Å². The molecule has 0 spiro atoms. The monoisotopic (exact) mass is 569 g/mol. The molecule has 3 heterocycles. The lowest BCUT2D eigenvalue weighted by Crippen LogP contribution is -2.52. The second-order valence-electron chi connectivity index (χ2n) is 9.18. The molecule has 1 aromatic carbocycles. The first kappa shape index (κ1) is 29.7. The van der Waals surface area contributed by atoms with E-state index in [1.54, 1.807) is 0 Å². The molecule has 2 amide bonds. The summed E-state index contributed by atoms with van der Waals surface area (Å²) in [5, 5.41) is 9.64. The van der Waals surface area contributed by atoms with E-state index in [0.717, 1.165) is 15.7 Å². The zero-order valence-corrected chi connectivity index (χ0v) is 20.7. The number of amides is 2. The highest BCUT2D eigenvalue weighted by molar-refractivity contribution is 5.89. The molecule has 3 atom stereocenters. The van der Waals surface area contributed by atoms with Crippen LogP contribution in [0.25, 0.3) is 0 Å². The first-order chi connectivity index (χ1) is 17.4. The van der Waals surface area contributed by atoms with E-state index in [1.165, 1.54) is 4.90 Å². The quantitative estimate of drug-likeness (QED) is 0.411. The number of aliphatic hydroxyl groups is 1. The lowest BCUT2D eigenvalue weighted by atomic mass is 10.0. The van der Waals surface area contributed by atoms with Gasteiger partial charge in [0.15, 0.2) is 17.7 Å². The van der Waals surface area contributed by atoms with Crippen LogP contribution in [-0.4, -0.2) is 68.1 Å². The Morgan fingerprint density at radius 2 is 1.76 bits per heavy atom. The van der Waals surface area contributed by atoms with Crippen molar-refractivity contribution >= 4 is 24.2 Å². The van der Waals surface area contributed by atoms with Crippen LogP contribution in [0.4, 0.5) is 26.3 Å². The predicted octanol–water partition coefficient (Wildman–Crippen LogP) is 2.57. The third-order valence-electron chi connectivity index (χ3n) is 6.73. The first-order valence-electron chi connectivity index (χ1n) is 11.6. The molecule has 0 saturated carbocycles. The smallest absolute Gasteiger partial charge is 0.394 e. The number of likely N-dealkylation sites (tertiary alicyclic amines) is 1.